The lowest BCUT2D eigenvalue weighted by atomic mass is 9.77. The number of anilines is 1. The summed E-state index contributed by atoms with van der Waals surface area (Å²) in [5.74, 6) is -0.257. The van der Waals surface area contributed by atoms with Crippen molar-refractivity contribution in [1.82, 2.24) is 0 Å². The molecule has 2 aliphatic rings. The van der Waals surface area contributed by atoms with Gasteiger partial charge in [-0.05, 0) is 41.3 Å². The number of ketones is 2. The smallest absolute Gasteiger partial charge is 0.219 e. The van der Waals surface area contributed by atoms with Crippen LogP contribution < -0.4 is 5.01 Å². The first kappa shape index (κ1) is 18.3. The third-order valence-corrected chi connectivity index (χ3v) is 7.01. The predicted octanol–water partition coefficient (Wildman–Crippen LogP) is 5.58. The number of hydrazone groups is 1. The number of nitrogens with zero attached hydrogens (tertiary/aromatic N) is 2. The van der Waals surface area contributed by atoms with E-state index in [2.05, 4.69) is 0 Å². The Morgan fingerprint density at radius 2 is 1.90 bits per heavy atom. The fourth-order valence-corrected chi connectivity index (χ4v) is 5.25. The van der Waals surface area contributed by atoms with Crippen molar-refractivity contribution in [2.75, 3.05) is 5.01 Å². The highest BCUT2D eigenvalue weighted by molar-refractivity contribution is 7.13. The topological polar surface area (TPSA) is 49.7 Å². The second-order valence-corrected chi connectivity index (χ2v) is 8.76. The predicted molar refractivity (Wildman–Crippen MR) is 116 cm³/mol. The average molecular weight is 421 g/mol. The van der Waals surface area contributed by atoms with Crippen LogP contribution in [0.1, 0.15) is 38.9 Å². The van der Waals surface area contributed by atoms with Crippen LogP contribution in [0.3, 0.4) is 0 Å². The molecule has 2 unspecified atom stereocenters. The van der Waals surface area contributed by atoms with Crippen LogP contribution in [0, 0.1) is 5.92 Å². The molecule has 6 heteroatoms. The van der Waals surface area contributed by atoms with Gasteiger partial charge in [-0.2, -0.15) is 5.10 Å². The molecule has 0 saturated carbocycles. The van der Waals surface area contributed by atoms with Crippen molar-refractivity contribution in [3.05, 3.63) is 87.1 Å². The summed E-state index contributed by atoms with van der Waals surface area (Å²) in [6.07, 6.45) is 0.279. The van der Waals surface area contributed by atoms with Crippen molar-refractivity contribution in [2.45, 2.75) is 18.9 Å². The maximum Gasteiger partial charge on any atom is 0.219 e. The van der Waals surface area contributed by atoms with Crippen molar-refractivity contribution in [3.8, 4) is 0 Å². The number of carbonyl (C=O) groups is 2. The Morgan fingerprint density at radius 1 is 1.14 bits per heavy atom. The molecule has 5 rings (SSSR count). The molecular formula is C23H17ClN2O2S. The minimum Gasteiger partial charge on any atom is -0.294 e. The zero-order valence-corrected chi connectivity index (χ0v) is 17.2. The van der Waals surface area contributed by atoms with Gasteiger partial charge >= 0.3 is 0 Å². The first-order valence-corrected chi connectivity index (χ1v) is 10.6. The van der Waals surface area contributed by atoms with Gasteiger partial charge in [0.25, 0.3) is 0 Å². The molecule has 1 aliphatic carbocycles. The van der Waals surface area contributed by atoms with Crippen LogP contribution >= 0.6 is 22.9 Å². The molecule has 144 valence electrons. The van der Waals surface area contributed by atoms with E-state index in [1.165, 1.54) is 11.3 Å². The van der Waals surface area contributed by atoms with Crippen molar-refractivity contribution in [3.63, 3.8) is 0 Å². The number of benzene rings is 2. The number of fused-ring (bicyclic) bond motifs is 2. The zero-order valence-electron chi connectivity index (χ0n) is 15.6. The molecule has 0 N–H and O–H groups in total. The monoisotopic (exact) mass is 420 g/mol. The Hall–Kier alpha value is -2.76. The largest absolute Gasteiger partial charge is 0.294 e. The molecule has 3 aromatic rings. The number of carbonyl (C=O) groups excluding carboxylic acids is 2. The lowest BCUT2D eigenvalue weighted by molar-refractivity contribution is 0.0963. The lowest BCUT2D eigenvalue weighted by Crippen LogP contribution is -2.44. The molecule has 2 aromatic carbocycles. The van der Waals surface area contributed by atoms with Gasteiger partial charge in [0.05, 0.1) is 10.6 Å². The number of halogens is 1. The molecule has 0 radical (unpaired) electrons. The Morgan fingerprint density at radius 3 is 2.62 bits per heavy atom. The first-order valence-electron chi connectivity index (χ1n) is 9.37. The Kier molecular flexibility index (Phi) is 4.19. The molecule has 1 aliphatic heterocycles. The van der Waals surface area contributed by atoms with Crippen LogP contribution in [0.25, 0.3) is 0 Å². The highest BCUT2D eigenvalue weighted by atomic mass is 35.5. The van der Waals surface area contributed by atoms with E-state index in [1.807, 2.05) is 65.8 Å². The molecule has 0 amide bonds. The second kappa shape index (κ2) is 6.65. The van der Waals surface area contributed by atoms with Gasteiger partial charge in [-0.1, -0.05) is 48.9 Å². The summed E-state index contributed by atoms with van der Waals surface area (Å²) in [5.41, 5.74) is 2.19. The number of rotatable bonds is 3. The fourth-order valence-electron chi connectivity index (χ4n) is 4.45. The van der Waals surface area contributed by atoms with Gasteiger partial charge in [0.1, 0.15) is 11.3 Å². The third kappa shape index (κ3) is 2.61. The van der Waals surface area contributed by atoms with E-state index < -0.39 is 5.54 Å². The summed E-state index contributed by atoms with van der Waals surface area (Å²) >= 11 is 7.49. The van der Waals surface area contributed by atoms with E-state index in [0.717, 1.165) is 11.3 Å². The SMILES string of the molecule is CC1C(C(=O)c2cccs2)=NN(c2ccc(Cl)cc2)C12CC(=O)c1ccccc12. The molecular weight excluding hydrogens is 404 g/mol. The molecule has 1 spiro atoms. The lowest BCUT2D eigenvalue weighted by Gasteiger charge is -2.38. The Labute approximate surface area is 177 Å². The number of thiophene rings is 1. The van der Waals surface area contributed by atoms with Crippen molar-refractivity contribution in [2.24, 2.45) is 11.0 Å². The van der Waals surface area contributed by atoms with Gasteiger partial charge in [0.15, 0.2) is 5.78 Å². The van der Waals surface area contributed by atoms with E-state index in [9.17, 15) is 9.59 Å². The van der Waals surface area contributed by atoms with E-state index >= 15 is 0 Å². The van der Waals surface area contributed by atoms with Crippen LogP contribution in [-0.4, -0.2) is 17.3 Å². The van der Waals surface area contributed by atoms with Crippen LogP contribution in [0.2, 0.25) is 5.02 Å². The highest BCUT2D eigenvalue weighted by Gasteiger charge is 2.57. The number of Topliss-reactive ketones (excluding diaryl/α,β-unsaturated/α-hetero) is 2. The maximum atomic E-state index is 13.2. The third-order valence-electron chi connectivity index (χ3n) is 5.88. The molecule has 0 fully saturated rings. The summed E-state index contributed by atoms with van der Waals surface area (Å²) < 4.78 is 0. The van der Waals surface area contributed by atoms with E-state index in [0.29, 0.717) is 21.2 Å². The quantitative estimate of drug-likeness (QED) is 0.520. The molecule has 0 bridgehead atoms. The fraction of sp³-hybridized carbons (Fsp3) is 0.174. The molecule has 2 atom stereocenters. The summed E-state index contributed by atoms with van der Waals surface area (Å²) in [7, 11) is 0. The van der Waals surface area contributed by atoms with Gasteiger partial charge in [0, 0.05) is 22.9 Å². The standard InChI is InChI=1S/C23H17ClN2O2S/c1-14-21(22(28)20-7-4-12-29-20)25-26(16-10-8-15(24)9-11-16)23(14)13-19(27)17-5-2-3-6-18(17)23/h2-12,14H,13H2,1H3. The van der Waals surface area contributed by atoms with Crippen LogP contribution in [-0.2, 0) is 5.54 Å². The van der Waals surface area contributed by atoms with Crippen molar-refractivity contribution in [1.29, 1.82) is 0 Å². The Balaban J connectivity index is 1.71. The molecule has 1 aromatic heterocycles. The van der Waals surface area contributed by atoms with Gasteiger partial charge in [-0.3, -0.25) is 14.6 Å². The molecule has 2 heterocycles. The molecule has 29 heavy (non-hydrogen) atoms. The van der Waals surface area contributed by atoms with Gasteiger partial charge < -0.3 is 0 Å². The molecule has 4 nitrogen and oxygen atoms in total. The van der Waals surface area contributed by atoms with Gasteiger partial charge in [0.2, 0.25) is 5.78 Å². The van der Waals surface area contributed by atoms with Crippen molar-refractivity contribution >= 4 is 45.9 Å². The maximum absolute atomic E-state index is 13.2. The normalized spacial score (nSPS) is 22.8. The summed E-state index contributed by atoms with van der Waals surface area (Å²) in [5, 5.41) is 9.17. The summed E-state index contributed by atoms with van der Waals surface area (Å²) in [6.45, 7) is 2.00. The summed E-state index contributed by atoms with van der Waals surface area (Å²) in [4.78, 5) is 26.8. The van der Waals surface area contributed by atoms with Crippen LogP contribution in [0.4, 0.5) is 5.69 Å². The zero-order chi connectivity index (χ0) is 20.2. The minimum atomic E-state index is -0.718. The summed E-state index contributed by atoms with van der Waals surface area (Å²) in [6, 6.07) is 18.7. The first-order chi connectivity index (χ1) is 14.0. The van der Waals surface area contributed by atoms with Crippen LogP contribution in [0.5, 0.6) is 0 Å². The van der Waals surface area contributed by atoms with E-state index in [1.54, 1.807) is 12.1 Å². The van der Waals surface area contributed by atoms with E-state index in [4.69, 9.17) is 16.7 Å². The van der Waals surface area contributed by atoms with E-state index in [-0.39, 0.29) is 23.9 Å². The van der Waals surface area contributed by atoms with Crippen molar-refractivity contribution < 1.29 is 9.59 Å². The average Bonchev–Trinajstić information content (AvgIpc) is 3.43. The number of hydrogen-bond donors (Lipinski definition) is 0. The minimum absolute atomic E-state index is 0.0754. The van der Waals surface area contributed by atoms with Gasteiger partial charge in [-0.25, -0.2) is 0 Å². The molecule has 0 saturated heterocycles. The second-order valence-electron chi connectivity index (χ2n) is 7.37. The Bertz CT molecular complexity index is 1150. The van der Waals surface area contributed by atoms with Crippen LogP contribution in [0.15, 0.2) is 71.1 Å². The van der Waals surface area contributed by atoms with Gasteiger partial charge in [-0.15, -0.1) is 11.3 Å². The number of hydrogen-bond acceptors (Lipinski definition) is 5. The highest BCUT2D eigenvalue weighted by Crippen LogP contribution is 2.52.